The van der Waals surface area contributed by atoms with Crippen LogP contribution in [0.25, 0.3) is 0 Å². The number of amides is 3. The summed E-state index contributed by atoms with van der Waals surface area (Å²) in [6.07, 6.45) is 0. The highest BCUT2D eigenvalue weighted by molar-refractivity contribution is 6.21. The first kappa shape index (κ1) is 19.8. The van der Waals surface area contributed by atoms with Gasteiger partial charge in [0.15, 0.2) is 0 Å². The highest BCUT2D eigenvalue weighted by Crippen LogP contribution is 2.27. The Morgan fingerprint density at radius 2 is 1.41 bits per heavy atom. The molecule has 0 saturated heterocycles. The molecule has 0 aliphatic carbocycles. The van der Waals surface area contributed by atoms with Crippen molar-refractivity contribution in [1.29, 1.82) is 0 Å². The van der Waals surface area contributed by atoms with Crippen LogP contribution in [0.1, 0.15) is 44.9 Å². The Morgan fingerprint density at radius 3 is 2.10 bits per heavy atom. The van der Waals surface area contributed by atoms with E-state index in [1.807, 2.05) is 19.9 Å². The predicted molar refractivity (Wildman–Crippen MR) is 110 cm³/mol. The smallest absolute Gasteiger partial charge is 0.259 e. The molecule has 2 N–H and O–H groups in total. The van der Waals surface area contributed by atoms with Crippen molar-refractivity contribution in [2.45, 2.75) is 13.8 Å². The van der Waals surface area contributed by atoms with Crippen molar-refractivity contribution in [3.8, 4) is 11.5 Å². The van der Waals surface area contributed by atoms with Gasteiger partial charge in [-0.25, -0.2) is 0 Å². The van der Waals surface area contributed by atoms with Gasteiger partial charge < -0.3 is 10.1 Å². The first-order chi connectivity index (χ1) is 14.1. The second-order valence-corrected chi connectivity index (χ2v) is 5.94. The lowest BCUT2D eigenvalue weighted by atomic mass is 10.1. The fraction of sp³-hybridized carbons (Fsp3) is 0.0870. The minimum atomic E-state index is -0.431. The van der Waals surface area contributed by atoms with E-state index in [0.29, 0.717) is 33.9 Å². The molecule has 0 atom stereocenters. The number of hydrogen-bond donors (Lipinski definition) is 2. The summed E-state index contributed by atoms with van der Waals surface area (Å²) in [5.74, 6) is -0.0462. The van der Waals surface area contributed by atoms with E-state index in [2.05, 4.69) is 10.6 Å². The summed E-state index contributed by atoms with van der Waals surface area (Å²) < 4.78 is 5.73. The highest BCUT2D eigenvalue weighted by Gasteiger charge is 2.26. The number of fused-ring (bicyclic) bond motifs is 1. The Balaban J connectivity index is 0.00000117. The molecule has 6 heteroatoms. The highest BCUT2D eigenvalue weighted by atomic mass is 16.5. The Morgan fingerprint density at radius 1 is 0.793 bits per heavy atom. The number of benzene rings is 3. The zero-order chi connectivity index (χ0) is 20.8. The SMILES string of the molecule is CC.O=C(Nc1ccc(Oc2ccc3c(c2)C(=O)NC3=O)cc1)c1ccccc1. The number of anilines is 1. The number of ether oxygens (including phenoxy) is 1. The Hall–Kier alpha value is -3.93. The number of imide groups is 1. The molecule has 0 spiro atoms. The third-order valence-corrected chi connectivity index (χ3v) is 4.09. The second kappa shape index (κ2) is 8.84. The molecule has 0 bridgehead atoms. The van der Waals surface area contributed by atoms with Crippen molar-refractivity contribution in [1.82, 2.24) is 5.32 Å². The van der Waals surface area contributed by atoms with Gasteiger partial charge in [-0.2, -0.15) is 0 Å². The normalized spacial score (nSPS) is 11.7. The van der Waals surface area contributed by atoms with Crippen molar-refractivity contribution >= 4 is 23.4 Å². The van der Waals surface area contributed by atoms with E-state index < -0.39 is 11.8 Å². The third-order valence-electron chi connectivity index (χ3n) is 4.09. The van der Waals surface area contributed by atoms with Crippen LogP contribution >= 0.6 is 0 Å². The molecule has 0 unspecified atom stereocenters. The van der Waals surface area contributed by atoms with E-state index in [1.54, 1.807) is 60.7 Å². The first-order valence-electron chi connectivity index (χ1n) is 9.24. The summed E-state index contributed by atoms with van der Waals surface area (Å²) in [4.78, 5) is 35.4. The van der Waals surface area contributed by atoms with Crippen LogP contribution < -0.4 is 15.4 Å². The van der Waals surface area contributed by atoms with Crippen LogP contribution in [0.3, 0.4) is 0 Å². The fourth-order valence-corrected chi connectivity index (χ4v) is 2.75. The van der Waals surface area contributed by atoms with Gasteiger partial charge in [0.2, 0.25) is 0 Å². The molecule has 0 radical (unpaired) electrons. The minimum absolute atomic E-state index is 0.196. The Labute approximate surface area is 168 Å². The van der Waals surface area contributed by atoms with Gasteiger partial charge in [0.1, 0.15) is 11.5 Å². The molecule has 6 nitrogen and oxygen atoms in total. The molecule has 0 fully saturated rings. The summed E-state index contributed by atoms with van der Waals surface area (Å²) in [6.45, 7) is 4.00. The van der Waals surface area contributed by atoms with E-state index in [0.717, 1.165) is 0 Å². The van der Waals surface area contributed by atoms with Gasteiger partial charge in [-0.1, -0.05) is 32.0 Å². The summed E-state index contributed by atoms with van der Waals surface area (Å²) >= 11 is 0. The van der Waals surface area contributed by atoms with Gasteiger partial charge in [-0.05, 0) is 54.6 Å². The average Bonchev–Trinajstić information content (AvgIpc) is 3.04. The maximum absolute atomic E-state index is 12.1. The van der Waals surface area contributed by atoms with Crippen LogP contribution in [0.5, 0.6) is 11.5 Å². The van der Waals surface area contributed by atoms with Gasteiger partial charge in [-0.3, -0.25) is 19.7 Å². The van der Waals surface area contributed by atoms with Crippen molar-refractivity contribution in [2.75, 3.05) is 5.32 Å². The maximum atomic E-state index is 12.1. The van der Waals surface area contributed by atoms with Crippen molar-refractivity contribution in [2.24, 2.45) is 0 Å². The monoisotopic (exact) mass is 388 g/mol. The van der Waals surface area contributed by atoms with E-state index in [1.165, 1.54) is 6.07 Å². The number of rotatable bonds is 4. The molecule has 3 aromatic rings. The first-order valence-corrected chi connectivity index (χ1v) is 9.24. The summed E-state index contributed by atoms with van der Waals surface area (Å²) in [5, 5.41) is 5.05. The molecule has 0 saturated carbocycles. The van der Waals surface area contributed by atoms with Crippen LogP contribution in [0.2, 0.25) is 0 Å². The van der Waals surface area contributed by atoms with Crippen molar-refractivity contribution < 1.29 is 19.1 Å². The summed E-state index contributed by atoms with van der Waals surface area (Å²) in [7, 11) is 0. The fourth-order valence-electron chi connectivity index (χ4n) is 2.75. The van der Waals surface area contributed by atoms with Gasteiger partial charge in [0, 0.05) is 11.3 Å². The van der Waals surface area contributed by atoms with Crippen molar-refractivity contribution in [3.63, 3.8) is 0 Å². The number of carbonyl (C=O) groups is 3. The summed E-state index contributed by atoms with van der Waals surface area (Å²) in [6, 6.07) is 20.5. The zero-order valence-electron chi connectivity index (χ0n) is 16.1. The van der Waals surface area contributed by atoms with E-state index in [9.17, 15) is 14.4 Å². The molecule has 0 aromatic heterocycles. The number of nitrogens with one attached hydrogen (secondary N) is 2. The second-order valence-electron chi connectivity index (χ2n) is 5.94. The lowest BCUT2D eigenvalue weighted by Crippen LogP contribution is -2.19. The van der Waals surface area contributed by atoms with Crippen LogP contribution in [-0.2, 0) is 0 Å². The predicted octanol–water partition coefficient (Wildman–Crippen LogP) is 4.64. The topological polar surface area (TPSA) is 84.5 Å². The largest absolute Gasteiger partial charge is 0.457 e. The third kappa shape index (κ3) is 4.50. The standard InChI is InChI=1S/C21H14N2O4.C2H6/c24-19(13-4-2-1-3-5-13)22-14-6-8-15(9-7-14)27-16-10-11-17-18(12-16)21(26)23-20(17)25;1-2/h1-12H,(H,22,24)(H,23,25,26);1-2H3. The quantitative estimate of drug-likeness (QED) is 0.638. The van der Waals surface area contributed by atoms with Crippen LogP contribution in [0.4, 0.5) is 5.69 Å². The number of carbonyl (C=O) groups excluding carboxylic acids is 3. The Kier molecular flexibility index (Phi) is 6.04. The van der Waals surface area contributed by atoms with E-state index >= 15 is 0 Å². The van der Waals surface area contributed by atoms with E-state index in [4.69, 9.17) is 4.74 Å². The average molecular weight is 388 g/mol. The van der Waals surface area contributed by atoms with Crippen LogP contribution in [0.15, 0.2) is 72.8 Å². The maximum Gasteiger partial charge on any atom is 0.259 e. The molecule has 3 amide bonds. The molecular weight excluding hydrogens is 368 g/mol. The van der Waals surface area contributed by atoms with Gasteiger partial charge in [0.05, 0.1) is 11.1 Å². The van der Waals surface area contributed by atoms with Gasteiger partial charge >= 0.3 is 0 Å². The molecule has 29 heavy (non-hydrogen) atoms. The molecule has 1 heterocycles. The lowest BCUT2D eigenvalue weighted by Gasteiger charge is -2.09. The van der Waals surface area contributed by atoms with Gasteiger partial charge in [-0.15, -0.1) is 0 Å². The number of hydrogen-bond acceptors (Lipinski definition) is 4. The molecule has 1 aliphatic rings. The minimum Gasteiger partial charge on any atom is -0.457 e. The zero-order valence-corrected chi connectivity index (χ0v) is 16.1. The Bertz CT molecular complexity index is 1040. The van der Waals surface area contributed by atoms with Gasteiger partial charge in [0.25, 0.3) is 17.7 Å². The molecular formula is C23H20N2O4. The van der Waals surface area contributed by atoms with Crippen LogP contribution in [-0.4, -0.2) is 17.7 Å². The molecule has 146 valence electrons. The van der Waals surface area contributed by atoms with E-state index in [-0.39, 0.29) is 5.91 Å². The van der Waals surface area contributed by atoms with Crippen molar-refractivity contribution in [3.05, 3.63) is 89.5 Å². The summed E-state index contributed by atoms with van der Waals surface area (Å²) in [5.41, 5.74) is 1.84. The lowest BCUT2D eigenvalue weighted by molar-refractivity contribution is 0.0878. The molecule has 4 rings (SSSR count). The molecule has 3 aromatic carbocycles. The van der Waals surface area contributed by atoms with Crippen LogP contribution in [0, 0.1) is 0 Å². The molecule has 1 aliphatic heterocycles.